The summed E-state index contributed by atoms with van der Waals surface area (Å²) >= 11 is 0. The fraction of sp³-hybridized carbons (Fsp3) is 0.250. The van der Waals surface area contributed by atoms with Gasteiger partial charge in [-0.05, 0) is 37.1 Å². The summed E-state index contributed by atoms with van der Waals surface area (Å²) in [7, 11) is 0. The van der Waals surface area contributed by atoms with Gasteiger partial charge in [-0.25, -0.2) is 0 Å². The van der Waals surface area contributed by atoms with E-state index in [9.17, 15) is 4.79 Å². The third-order valence-electron chi connectivity index (χ3n) is 3.32. The van der Waals surface area contributed by atoms with Crippen LogP contribution in [-0.2, 0) is 4.79 Å². The van der Waals surface area contributed by atoms with Gasteiger partial charge >= 0.3 is 5.97 Å². The highest BCUT2D eigenvalue weighted by Gasteiger charge is 2.12. The molecule has 24 heavy (non-hydrogen) atoms. The van der Waals surface area contributed by atoms with Crippen molar-refractivity contribution in [3.8, 4) is 17.6 Å². The lowest BCUT2D eigenvalue weighted by atomic mass is 9.96. The van der Waals surface area contributed by atoms with E-state index in [4.69, 9.17) is 15.9 Å². The number of rotatable bonds is 4. The Morgan fingerprint density at radius 1 is 1.08 bits per heavy atom. The van der Waals surface area contributed by atoms with Gasteiger partial charge in [0.2, 0.25) is 0 Å². The predicted octanol–water partition coefficient (Wildman–Crippen LogP) is 3.68. The summed E-state index contributed by atoms with van der Waals surface area (Å²) < 4.78 is 0. The summed E-state index contributed by atoms with van der Waals surface area (Å²) in [6, 6.07) is 16.6. The van der Waals surface area contributed by atoms with Gasteiger partial charge in [0, 0.05) is 6.04 Å². The minimum Gasteiger partial charge on any atom is -0.508 e. The van der Waals surface area contributed by atoms with Crippen molar-refractivity contribution in [3.63, 3.8) is 0 Å². The maximum absolute atomic E-state index is 10.6. The second-order valence-corrected chi connectivity index (χ2v) is 5.34. The first-order valence-corrected chi connectivity index (χ1v) is 7.67. The second kappa shape index (κ2) is 10.1. The van der Waals surface area contributed by atoms with E-state index in [2.05, 4.69) is 11.8 Å². The van der Waals surface area contributed by atoms with Crippen molar-refractivity contribution < 1.29 is 15.0 Å². The highest BCUT2D eigenvalue weighted by molar-refractivity contribution is 5.69. The molecule has 0 radical (unpaired) electrons. The van der Waals surface area contributed by atoms with Crippen molar-refractivity contribution in [2.24, 2.45) is 5.73 Å². The monoisotopic (exact) mass is 325 g/mol. The van der Waals surface area contributed by atoms with Gasteiger partial charge in [-0.2, -0.15) is 0 Å². The molecule has 0 amide bonds. The molecular formula is C20H23NO3. The highest BCUT2D eigenvalue weighted by Crippen LogP contribution is 2.21. The molecule has 2 aromatic rings. The number of phenols is 1. The van der Waals surface area contributed by atoms with E-state index in [0.717, 1.165) is 5.56 Å². The maximum atomic E-state index is 10.6. The van der Waals surface area contributed by atoms with E-state index in [-0.39, 0.29) is 24.1 Å². The molecule has 0 saturated heterocycles. The Hall–Kier alpha value is -2.77. The molecule has 4 nitrogen and oxygen atoms in total. The number of nitrogens with two attached hydrogens (primary N) is 1. The Bertz CT molecular complexity index is 682. The fourth-order valence-corrected chi connectivity index (χ4v) is 2.06. The molecule has 0 aromatic heterocycles. The minimum absolute atomic E-state index is 0.0222. The number of aromatic hydroxyl groups is 1. The van der Waals surface area contributed by atoms with Crippen LogP contribution in [0.4, 0.5) is 0 Å². The van der Waals surface area contributed by atoms with E-state index < -0.39 is 5.97 Å². The van der Waals surface area contributed by atoms with Crippen LogP contribution in [0.2, 0.25) is 0 Å². The first-order chi connectivity index (χ1) is 11.4. The average Bonchev–Trinajstić information content (AvgIpc) is 2.56. The number of aliphatic carboxylic acids is 1. The average molecular weight is 325 g/mol. The van der Waals surface area contributed by atoms with Crippen LogP contribution in [0.3, 0.4) is 0 Å². The van der Waals surface area contributed by atoms with E-state index in [0.29, 0.717) is 0 Å². The van der Waals surface area contributed by atoms with Gasteiger partial charge < -0.3 is 15.9 Å². The van der Waals surface area contributed by atoms with Crippen LogP contribution in [-0.4, -0.2) is 16.2 Å². The van der Waals surface area contributed by atoms with Gasteiger partial charge in [-0.3, -0.25) is 4.79 Å². The van der Waals surface area contributed by atoms with Crippen molar-refractivity contribution in [2.75, 3.05) is 0 Å². The van der Waals surface area contributed by atoms with Gasteiger partial charge in [0.25, 0.3) is 0 Å². The highest BCUT2D eigenvalue weighted by atomic mass is 16.4. The molecule has 2 aromatic carbocycles. The van der Waals surface area contributed by atoms with E-state index >= 15 is 0 Å². The zero-order valence-corrected chi connectivity index (χ0v) is 13.9. The molecule has 0 heterocycles. The molecule has 0 aliphatic rings. The third kappa shape index (κ3) is 6.99. The topological polar surface area (TPSA) is 83.5 Å². The molecule has 4 heteroatoms. The number of phenolic OH excluding ortho intramolecular Hbond substituents is 1. The van der Waals surface area contributed by atoms with Crippen molar-refractivity contribution in [1.82, 2.24) is 0 Å². The van der Waals surface area contributed by atoms with Crippen LogP contribution in [0.1, 0.15) is 43.4 Å². The van der Waals surface area contributed by atoms with Crippen molar-refractivity contribution in [1.29, 1.82) is 0 Å². The standard InChI is InChI=1S/C12H12O3.C8H11N/c1-2-3-10(8-12(14)15)9-4-6-11(13)7-5-9;1-7(9)8-5-3-2-4-6-8/h4-7,10,13H,8H2,1H3,(H,14,15);2-7H,9H2,1H3/t10-;7-/m11/s1. The predicted molar refractivity (Wildman–Crippen MR) is 95.6 cm³/mol. The molecule has 126 valence electrons. The number of carbonyl (C=O) groups is 1. The molecule has 0 unspecified atom stereocenters. The molecule has 4 N–H and O–H groups in total. The van der Waals surface area contributed by atoms with Crippen molar-refractivity contribution in [2.45, 2.75) is 32.2 Å². The summed E-state index contributed by atoms with van der Waals surface area (Å²) in [5.41, 5.74) is 7.62. The minimum atomic E-state index is -0.879. The van der Waals surface area contributed by atoms with Crippen LogP contribution < -0.4 is 5.73 Å². The second-order valence-electron chi connectivity index (χ2n) is 5.34. The van der Waals surface area contributed by atoms with Crippen molar-refractivity contribution >= 4 is 5.97 Å². The Kier molecular flexibility index (Phi) is 8.10. The fourth-order valence-electron chi connectivity index (χ4n) is 2.06. The SMILES string of the molecule is CC#C[C@H](CC(=O)O)c1ccc(O)cc1.C[C@@H](N)c1ccccc1. The smallest absolute Gasteiger partial charge is 0.304 e. The van der Waals surface area contributed by atoms with Crippen LogP contribution >= 0.6 is 0 Å². The zero-order chi connectivity index (χ0) is 17.9. The van der Waals surface area contributed by atoms with Gasteiger partial charge in [-0.1, -0.05) is 48.4 Å². The van der Waals surface area contributed by atoms with Gasteiger partial charge in [0.1, 0.15) is 5.75 Å². The van der Waals surface area contributed by atoms with E-state index in [1.165, 1.54) is 17.7 Å². The summed E-state index contributed by atoms with van der Waals surface area (Å²) in [4.78, 5) is 10.6. The Morgan fingerprint density at radius 3 is 2.08 bits per heavy atom. The number of hydrogen-bond acceptors (Lipinski definition) is 3. The quantitative estimate of drug-likeness (QED) is 0.749. The lowest BCUT2D eigenvalue weighted by molar-refractivity contribution is -0.137. The van der Waals surface area contributed by atoms with Gasteiger partial charge in [0.05, 0.1) is 12.3 Å². The summed E-state index contributed by atoms with van der Waals surface area (Å²) in [5, 5.41) is 17.8. The number of benzene rings is 2. The summed E-state index contributed by atoms with van der Waals surface area (Å²) in [6.45, 7) is 3.66. The third-order valence-corrected chi connectivity index (χ3v) is 3.32. The van der Waals surface area contributed by atoms with E-state index in [1.54, 1.807) is 19.1 Å². The molecule has 2 rings (SSSR count). The normalized spacial score (nSPS) is 12.0. The number of carboxylic acids is 1. The van der Waals surface area contributed by atoms with Crippen LogP contribution in [0.5, 0.6) is 5.75 Å². The number of hydrogen-bond donors (Lipinski definition) is 3. The number of carboxylic acid groups (broad SMARTS) is 1. The lowest BCUT2D eigenvalue weighted by Gasteiger charge is -2.08. The molecule has 0 fully saturated rings. The van der Waals surface area contributed by atoms with Gasteiger partial charge in [-0.15, -0.1) is 5.92 Å². The largest absolute Gasteiger partial charge is 0.508 e. The Balaban J connectivity index is 0.000000272. The zero-order valence-electron chi connectivity index (χ0n) is 13.9. The van der Waals surface area contributed by atoms with Crippen LogP contribution in [0, 0.1) is 11.8 Å². The molecule has 2 atom stereocenters. The van der Waals surface area contributed by atoms with Crippen molar-refractivity contribution in [3.05, 3.63) is 65.7 Å². The summed E-state index contributed by atoms with van der Waals surface area (Å²) in [6.07, 6.45) is -0.0222. The molecule has 0 bridgehead atoms. The molecule has 0 spiro atoms. The van der Waals surface area contributed by atoms with E-state index in [1.807, 2.05) is 37.3 Å². The lowest BCUT2D eigenvalue weighted by Crippen LogP contribution is -2.04. The van der Waals surface area contributed by atoms with Crippen LogP contribution in [0.25, 0.3) is 0 Å². The Morgan fingerprint density at radius 2 is 1.67 bits per heavy atom. The van der Waals surface area contributed by atoms with Gasteiger partial charge in [0.15, 0.2) is 0 Å². The molecular weight excluding hydrogens is 302 g/mol. The first-order valence-electron chi connectivity index (χ1n) is 7.67. The summed E-state index contributed by atoms with van der Waals surface area (Å²) in [5.74, 6) is 4.52. The molecule has 0 saturated carbocycles. The molecule has 0 aliphatic heterocycles. The maximum Gasteiger partial charge on any atom is 0.304 e. The Labute approximate surface area is 143 Å². The van der Waals surface area contributed by atoms with Crippen LogP contribution in [0.15, 0.2) is 54.6 Å². The molecule has 0 aliphatic carbocycles. The first kappa shape index (κ1) is 19.3.